The van der Waals surface area contributed by atoms with E-state index in [-0.39, 0.29) is 11.2 Å². The molecule has 0 unspecified atom stereocenters. The van der Waals surface area contributed by atoms with Crippen molar-refractivity contribution in [3.8, 4) is 0 Å². The number of benzene rings is 1. The average Bonchev–Trinajstić information content (AvgIpc) is 2.29. The lowest BCUT2D eigenvalue weighted by Crippen LogP contribution is -2.40. The van der Waals surface area contributed by atoms with E-state index in [1.807, 2.05) is 26.0 Å². The molecule has 0 saturated heterocycles. The second-order valence-electron chi connectivity index (χ2n) is 6.63. The van der Waals surface area contributed by atoms with Crippen LogP contribution in [0.2, 0.25) is 0 Å². The van der Waals surface area contributed by atoms with Gasteiger partial charge in [0.05, 0.1) is 5.75 Å². The monoisotopic (exact) mass is 323 g/mol. The first kappa shape index (κ1) is 16.8. The van der Waals surface area contributed by atoms with Crippen LogP contribution >= 0.6 is 0 Å². The third kappa shape index (κ3) is 4.73. The number of anilines is 1. The number of sulfone groups is 1. The summed E-state index contributed by atoms with van der Waals surface area (Å²) in [5.74, 6) is 0.533. The summed E-state index contributed by atoms with van der Waals surface area (Å²) in [4.78, 5) is 4.38. The molecule has 1 aliphatic carbocycles. The quantitative estimate of drug-likeness (QED) is 0.643. The molecular weight excluding hydrogens is 298 g/mol. The van der Waals surface area contributed by atoms with Crippen molar-refractivity contribution in [2.75, 3.05) is 23.9 Å². The summed E-state index contributed by atoms with van der Waals surface area (Å²) in [5.41, 5.74) is 8.94. The minimum Gasteiger partial charge on any atom is -0.370 e. The van der Waals surface area contributed by atoms with Gasteiger partial charge in [0.2, 0.25) is 0 Å². The molecule has 1 fully saturated rings. The number of rotatable bonds is 5. The van der Waals surface area contributed by atoms with Crippen molar-refractivity contribution < 1.29 is 8.42 Å². The van der Waals surface area contributed by atoms with Crippen molar-refractivity contribution in [3.05, 3.63) is 29.3 Å². The van der Waals surface area contributed by atoms with E-state index in [2.05, 4.69) is 16.4 Å². The Morgan fingerprint density at radius 1 is 1.27 bits per heavy atom. The average molecular weight is 323 g/mol. The minimum atomic E-state index is -2.99. The topological polar surface area (TPSA) is 84.5 Å². The highest BCUT2D eigenvalue weighted by atomic mass is 32.2. The van der Waals surface area contributed by atoms with Gasteiger partial charge < -0.3 is 11.1 Å². The maximum atomic E-state index is 11.6. The van der Waals surface area contributed by atoms with Crippen LogP contribution in [0.3, 0.4) is 0 Å². The molecule has 6 heteroatoms. The molecule has 1 aromatic carbocycles. The van der Waals surface area contributed by atoms with Gasteiger partial charge >= 0.3 is 0 Å². The summed E-state index contributed by atoms with van der Waals surface area (Å²) in [6.07, 6.45) is 4.16. The lowest BCUT2D eigenvalue weighted by Gasteiger charge is -2.40. The van der Waals surface area contributed by atoms with Crippen molar-refractivity contribution in [2.24, 2.45) is 16.1 Å². The summed E-state index contributed by atoms with van der Waals surface area (Å²) in [6, 6.07) is 6.10. The predicted molar refractivity (Wildman–Crippen MR) is 92.0 cm³/mol. The molecule has 22 heavy (non-hydrogen) atoms. The van der Waals surface area contributed by atoms with Crippen LogP contribution in [0, 0.1) is 19.3 Å². The Kier molecular flexibility index (Phi) is 4.80. The number of nitrogens with one attached hydrogen (secondary N) is 1. The zero-order chi connectivity index (χ0) is 16.4. The molecule has 122 valence electrons. The van der Waals surface area contributed by atoms with Gasteiger partial charge in [0, 0.05) is 23.9 Å². The fourth-order valence-electron chi connectivity index (χ4n) is 3.07. The Hall–Kier alpha value is -1.56. The molecule has 0 aromatic heterocycles. The summed E-state index contributed by atoms with van der Waals surface area (Å²) >= 11 is 0. The van der Waals surface area contributed by atoms with E-state index >= 15 is 0 Å². The van der Waals surface area contributed by atoms with Crippen LogP contribution in [-0.4, -0.2) is 32.9 Å². The SMILES string of the molecule is Cc1cc(C)cc(NC(N)=NCC2(CS(C)(=O)=O)CCC2)c1. The summed E-state index contributed by atoms with van der Waals surface area (Å²) in [6.45, 7) is 4.52. The van der Waals surface area contributed by atoms with E-state index in [4.69, 9.17) is 5.73 Å². The Labute approximate surface area is 132 Å². The molecule has 0 amide bonds. The molecule has 0 radical (unpaired) electrons. The highest BCUT2D eigenvalue weighted by molar-refractivity contribution is 7.90. The van der Waals surface area contributed by atoms with Gasteiger partial charge in [-0.1, -0.05) is 12.5 Å². The Bertz CT molecular complexity index is 656. The molecule has 1 aromatic rings. The van der Waals surface area contributed by atoms with Gasteiger partial charge in [0.1, 0.15) is 9.84 Å². The van der Waals surface area contributed by atoms with Crippen molar-refractivity contribution >= 4 is 21.5 Å². The van der Waals surface area contributed by atoms with Crippen LogP contribution in [-0.2, 0) is 9.84 Å². The van der Waals surface area contributed by atoms with Crippen molar-refractivity contribution in [1.29, 1.82) is 0 Å². The summed E-state index contributed by atoms with van der Waals surface area (Å²) in [5, 5.41) is 3.09. The molecule has 0 heterocycles. The number of aryl methyl sites for hydroxylation is 2. The number of nitrogens with zero attached hydrogens (tertiary/aromatic N) is 1. The van der Waals surface area contributed by atoms with E-state index in [1.54, 1.807) is 0 Å². The predicted octanol–water partition coefficient (Wildman–Crippen LogP) is 2.24. The highest BCUT2D eigenvalue weighted by Crippen LogP contribution is 2.42. The van der Waals surface area contributed by atoms with Crippen LogP contribution in [0.15, 0.2) is 23.2 Å². The maximum absolute atomic E-state index is 11.6. The summed E-state index contributed by atoms with van der Waals surface area (Å²) < 4.78 is 23.1. The minimum absolute atomic E-state index is 0.195. The molecular formula is C16H25N3O2S. The molecule has 5 nitrogen and oxygen atoms in total. The van der Waals surface area contributed by atoms with Crippen molar-refractivity contribution in [1.82, 2.24) is 0 Å². The number of hydrogen-bond donors (Lipinski definition) is 2. The third-order valence-corrected chi connectivity index (χ3v) is 5.20. The smallest absolute Gasteiger partial charge is 0.193 e. The summed E-state index contributed by atoms with van der Waals surface area (Å²) in [7, 11) is -2.99. The number of aliphatic imine (C=N–C) groups is 1. The number of guanidine groups is 1. The number of nitrogens with two attached hydrogens (primary N) is 1. The van der Waals surface area contributed by atoms with Gasteiger partial charge in [-0.25, -0.2) is 8.42 Å². The normalized spacial score (nSPS) is 17.9. The Balaban J connectivity index is 2.02. The van der Waals surface area contributed by atoms with E-state index < -0.39 is 9.84 Å². The van der Waals surface area contributed by atoms with Gasteiger partial charge in [0.25, 0.3) is 0 Å². The molecule has 3 N–H and O–H groups in total. The Morgan fingerprint density at radius 3 is 2.32 bits per heavy atom. The first-order valence-corrected chi connectivity index (χ1v) is 9.57. The zero-order valence-electron chi connectivity index (χ0n) is 13.5. The van der Waals surface area contributed by atoms with Crippen molar-refractivity contribution in [3.63, 3.8) is 0 Å². The van der Waals surface area contributed by atoms with Gasteiger partial charge in [-0.2, -0.15) is 0 Å². The van der Waals surface area contributed by atoms with Crippen LogP contribution < -0.4 is 11.1 Å². The van der Waals surface area contributed by atoms with E-state index in [0.717, 1.165) is 36.1 Å². The van der Waals surface area contributed by atoms with Crippen LogP contribution in [0.25, 0.3) is 0 Å². The van der Waals surface area contributed by atoms with Crippen LogP contribution in [0.5, 0.6) is 0 Å². The van der Waals surface area contributed by atoms with Crippen molar-refractivity contribution in [2.45, 2.75) is 33.1 Å². The lowest BCUT2D eigenvalue weighted by atomic mass is 9.70. The highest BCUT2D eigenvalue weighted by Gasteiger charge is 2.39. The number of hydrogen-bond acceptors (Lipinski definition) is 3. The van der Waals surface area contributed by atoms with E-state index in [0.29, 0.717) is 12.5 Å². The van der Waals surface area contributed by atoms with Gasteiger partial charge in [0.15, 0.2) is 5.96 Å². The molecule has 0 aliphatic heterocycles. The molecule has 0 bridgehead atoms. The molecule has 0 atom stereocenters. The fraction of sp³-hybridized carbons (Fsp3) is 0.562. The van der Waals surface area contributed by atoms with Gasteiger partial charge in [-0.3, -0.25) is 4.99 Å². The maximum Gasteiger partial charge on any atom is 0.193 e. The first-order chi connectivity index (χ1) is 10.2. The lowest BCUT2D eigenvalue weighted by molar-refractivity contribution is 0.177. The van der Waals surface area contributed by atoms with Crippen LogP contribution in [0.1, 0.15) is 30.4 Å². The first-order valence-electron chi connectivity index (χ1n) is 7.51. The molecule has 2 rings (SSSR count). The van der Waals surface area contributed by atoms with Gasteiger partial charge in [-0.05, 0) is 49.9 Å². The Morgan fingerprint density at radius 2 is 1.86 bits per heavy atom. The van der Waals surface area contributed by atoms with E-state index in [1.165, 1.54) is 6.26 Å². The second kappa shape index (κ2) is 6.28. The van der Waals surface area contributed by atoms with Crippen LogP contribution in [0.4, 0.5) is 5.69 Å². The molecule has 1 aliphatic rings. The largest absolute Gasteiger partial charge is 0.370 e. The molecule has 0 spiro atoms. The zero-order valence-corrected chi connectivity index (χ0v) is 14.3. The second-order valence-corrected chi connectivity index (χ2v) is 8.77. The third-order valence-electron chi connectivity index (χ3n) is 4.06. The van der Waals surface area contributed by atoms with Gasteiger partial charge in [-0.15, -0.1) is 0 Å². The fourth-order valence-corrected chi connectivity index (χ4v) is 4.56. The molecule has 1 saturated carbocycles. The standard InChI is InChI=1S/C16H25N3O2S/c1-12-7-13(2)9-14(8-12)19-15(17)18-10-16(5-4-6-16)11-22(3,20)21/h7-9H,4-6,10-11H2,1-3H3,(H3,17,18,19). The van der Waals surface area contributed by atoms with E-state index in [9.17, 15) is 8.42 Å².